The van der Waals surface area contributed by atoms with Crippen molar-refractivity contribution in [1.82, 2.24) is 10.6 Å². The summed E-state index contributed by atoms with van der Waals surface area (Å²) in [5, 5.41) is 6.76. The third-order valence-corrected chi connectivity index (χ3v) is 2.65. The van der Waals surface area contributed by atoms with Gasteiger partial charge in [0.1, 0.15) is 5.82 Å². The van der Waals surface area contributed by atoms with Crippen molar-refractivity contribution in [3.63, 3.8) is 0 Å². The first-order valence-electron chi connectivity index (χ1n) is 5.95. The van der Waals surface area contributed by atoms with Gasteiger partial charge in [0.25, 0.3) is 0 Å². The molecule has 0 aliphatic carbocycles. The summed E-state index contributed by atoms with van der Waals surface area (Å²) in [6.45, 7) is 7.84. The van der Waals surface area contributed by atoms with Crippen molar-refractivity contribution in [3.8, 4) is 0 Å². The topological polar surface area (TPSA) is 24.1 Å². The zero-order valence-electron chi connectivity index (χ0n) is 10.4. The van der Waals surface area contributed by atoms with Gasteiger partial charge in [-0.05, 0) is 30.2 Å². The van der Waals surface area contributed by atoms with E-state index >= 15 is 0 Å². The monoisotopic (exact) mass is 258 g/mol. The van der Waals surface area contributed by atoms with E-state index < -0.39 is 0 Å². The van der Waals surface area contributed by atoms with Gasteiger partial charge in [0.05, 0.1) is 5.02 Å². The summed E-state index contributed by atoms with van der Waals surface area (Å²) in [4.78, 5) is 0. The SMILES string of the molecule is CC(C)CNCCNCc1ccc(Cl)c(F)c1. The number of nitrogens with one attached hydrogen (secondary N) is 2. The fraction of sp³-hybridized carbons (Fsp3) is 0.538. The number of halogens is 2. The number of benzene rings is 1. The molecule has 0 heterocycles. The minimum atomic E-state index is -0.358. The Labute approximate surface area is 108 Å². The highest BCUT2D eigenvalue weighted by molar-refractivity contribution is 6.30. The Morgan fingerprint density at radius 3 is 2.59 bits per heavy atom. The Morgan fingerprint density at radius 2 is 1.94 bits per heavy atom. The maximum Gasteiger partial charge on any atom is 0.142 e. The second kappa shape index (κ2) is 7.64. The Bertz CT molecular complexity index is 342. The lowest BCUT2D eigenvalue weighted by molar-refractivity contribution is 0.535. The average molecular weight is 259 g/mol. The fourth-order valence-corrected chi connectivity index (χ4v) is 1.57. The van der Waals surface area contributed by atoms with Gasteiger partial charge < -0.3 is 10.6 Å². The van der Waals surface area contributed by atoms with Gasteiger partial charge in [-0.1, -0.05) is 31.5 Å². The van der Waals surface area contributed by atoms with Crippen LogP contribution in [0.1, 0.15) is 19.4 Å². The van der Waals surface area contributed by atoms with Crippen LogP contribution in [0, 0.1) is 11.7 Å². The standard InChI is InChI=1S/C13H20ClFN2/c1-10(2)8-16-5-6-17-9-11-3-4-12(14)13(15)7-11/h3-4,7,10,16-17H,5-6,8-9H2,1-2H3. The number of hydrogen-bond acceptors (Lipinski definition) is 2. The Kier molecular flexibility index (Phi) is 6.48. The van der Waals surface area contributed by atoms with Crippen molar-refractivity contribution in [2.24, 2.45) is 5.92 Å². The van der Waals surface area contributed by atoms with Gasteiger partial charge in [-0.25, -0.2) is 4.39 Å². The van der Waals surface area contributed by atoms with Crippen LogP contribution in [-0.4, -0.2) is 19.6 Å². The molecule has 1 aromatic rings. The molecule has 0 fully saturated rings. The maximum atomic E-state index is 13.1. The molecule has 0 aliphatic heterocycles. The van der Waals surface area contributed by atoms with Crippen molar-refractivity contribution >= 4 is 11.6 Å². The third-order valence-electron chi connectivity index (χ3n) is 2.34. The van der Waals surface area contributed by atoms with E-state index in [1.807, 2.05) is 6.07 Å². The molecule has 0 bridgehead atoms. The van der Waals surface area contributed by atoms with Crippen LogP contribution in [0.25, 0.3) is 0 Å². The zero-order valence-corrected chi connectivity index (χ0v) is 11.1. The van der Waals surface area contributed by atoms with Crippen LogP contribution >= 0.6 is 11.6 Å². The molecule has 0 spiro atoms. The number of rotatable bonds is 7. The van der Waals surface area contributed by atoms with E-state index in [4.69, 9.17) is 11.6 Å². The van der Waals surface area contributed by atoms with Crippen LogP contribution in [0.3, 0.4) is 0 Å². The molecule has 2 N–H and O–H groups in total. The minimum Gasteiger partial charge on any atom is -0.315 e. The highest BCUT2D eigenvalue weighted by atomic mass is 35.5. The molecule has 4 heteroatoms. The average Bonchev–Trinajstić information content (AvgIpc) is 2.27. The molecule has 0 saturated carbocycles. The van der Waals surface area contributed by atoms with Crippen LogP contribution in [0.2, 0.25) is 5.02 Å². The van der Waals surface area contributed by atoms with Gasteiger partial charge in [0, 0.05) is 19.6 Å². The predicted octanol–water partition coefficient (Wildman–Crippen LogP) is 2.81. The summed E-state index contributed by atoms with van der Waals surface area (Å²) >= 11 is 5.61. The normalized spacial score (nSPS) is 11.1. The zero-order chi connectivity index (χ0) is 12.7. The van der Waals surface area contributed by atoms with Gasteiger partial charge >= 0.3 is 0 Å². The Balaban J connectivity index is 2.16. The lowest BCUT2D eigenvalue weighted by Gasteiger charge is -2.08. The van der Waals surface area contributed by atoms with Crippen molar-refractivity contribution in [1.29, 1.82) is 0 Å². The summed E-state index contributed by atoms with van der Waals surface area (Å²) in [7, 11) is 0. The molecule has 96 valence electrons. The van der Waals surface area contributed by atoms with Gasteiger partial charge in [0.2, 0.25) is 0 Å². The fourth-order valence-electron chi connectivity index (χ4n) is 1.45. The lowest BCUT2D eigenvalue weighted by atomic mass is 10.2. The second-order valence-electron chi connectivity index (χ2n) is 4.52. The molecular formula is C13H20ClFN2. The van der Waals surface area contributed by atoms with E-state index in [1.54, 1.807) is 6.07 Å². The van der Waals surface area contributed by atoms with Crippen LogP contribution in [0.4, 0.5) is 4.39 Å². The van der Waals surface area contributed by atoms with E-state index in [-0.39, 0.29) is 10.8 Å². The van der Waals surface area contributed by atoms with Crippen molar-refractivity contribution in [2.45, 2.75) is 20.4 Å². The molecule has 2 nitrogen and oxygen atoms in total. The molecule has 0 unspecified atom stereocenters. The second-order valence-corrected chi connectivity index (χ2v) is 4.93. The first-order valence-corrected chi connectivity index (χ1v) is 6.32. The molecule has 1 rings (SSSR count). The third kappa shape index (κ3) is 6.01. The summed E-state index contributed by atoms with van der Waals surface area (Å²) < 4.78 is 13.1. The molecule has 0 aromatic heterocycles. The van der Waals surface area contributed by atoms with Crippen molar-refractivity contribution < 1.29 is 4.39 Å². The summed E-state index contributed by atoms with van der Waals surface area (Å²) in [5.41, 5.74) is 0.913. The molecule has 0 atom stereocenters. The van der Waals surface area contributed by atoms with Crippen molar-refractivity contribution in [2.75, 3.05) is 19.6 Å². The van der Waals surface area contributed by atoms with Crippen LogP contribution in [0.5, 0.6) is 0 Å². The van der Waals surface area contributed by atoms with Crippen LogP contribution in [-0.2, 0) is 6.54 Å². The predicted molar refractivity (Wildman–Crippen MR) is 70.8 cm³/mol. The maximum absolute atomic E-state index is 13.1. The first kappa shape index (κ1) is 14.4. The molecule has 1 aromatic carbocycles. The van der Waals surface area contributed by atoms with Gasteiger partial charge in [0.15, 0.2) is 0 Å². The molecule has 0 amide bonds. The molecule has 17 heavy (non-hydrogen) atoms. The highest BCUT2D eigenvalue weighted by Crippen LogP contribution is 2.15. The Morgan fingerprint density at radius 1 is 1.24 bits per heavy atom. The van der Waals surface area contributed by atoms with Gasteiger partial charge in [-0.3, -0.25) is 0 Å². The van der Waals surface area contributed by atoms with Crippen LogP contribution in [0.15, 0.2) is 18.2 Å². The summed E-state index contributed by atoms with van der Waals surface area (Å²) in [5.74, 6) is 0.310. The quantitative estimate of drug-likeness (QED) is 0.735. The van der Waals surface area contributed by atoms with E-state index in [2.05, 4.69) is 24.5 Å². The highest BCUT2D eigenvalue weighted by Gasteiger charge is 2.00. The van der Waals surface area contributed by atoms with Crippen molar-refractivity contribution in [3.05, 3.63) is 34.6 Å². The molecule has 0 aliphatic rings. The van der Waals surface area contributed by atoms with Gasteiger partial charge in [-0.15, -0.1) is 0 Å². The first-order chi connectivity index (χ1) is 8.09. The van der Waals surface area contributed by atoms with E-state index in [9.17, 15) is 4.39 Å². The van der Waals surface area contributed by atoms with Gasteiger partial charge in [-0.2, -0.15) is 0 Å². The Hall–Kier alpha value is -0.640. The summed E-state index contributed by atoms with van der Waals surface area (Å²) in [6.07, 6.45) is 0. The van der Waals surface area contributed by atoms with Crippen LogP contribution < -0.4 is 10.6 Å². The largest absolute Gasteiger partial charge is 0.315 e. The van der Waals surface area contributed by atoms with E-state index in [0.717, 1.165) is 25.2 Å². The minimum absolute atomic E-state index is 0.173. The molecule has 0 radical (unpaired) electrons. The summed E-state index contributed by atoms with van der Waals surface area (Å²) in [6, 6.07) is 4.89. The van der Waals surface area contributed by atoms with E-state index in [0.29, 0.717) is 12.5 Å². The lowest BCUT2D eigenvalue weighted by Crippen LogP contribution is -2.29. The van der Waals surface area contributed by atoms with E-state index in [1.165, 1.54) is 6.07 Å². The molecule has 0 saturated heterocycles. The smallest absolute Gasteiger partial charge is 0.142 e. The molecular weight excluding hydrogens is 239 g/mol. The number of hydrogen-bond donors (Lipinski definition) is 2.